The van der Waals surface area contributed by atoms with Gasteiger partial charge in [-0.2, -0.15) is 13.2 Å². The van der Waals surface area contributed by atoms with Crippen molar-refractivity contribution in [2.75, 3.05) is 18.2 Å². The van der Waals surface area contributed by atoms with Gasteiger partial charge in [-0.25, -0.2) is 0 Å². The van der Waals surface area contributed by atoms with Gasteiger partial charge in [-0.15, -0.1) is 11.8 Å². The molecule has 6 heteroatoms. The lowest BCUT2D eigenvalue weighted by atomic mass is 10.1. The van der Waals surface area contributed by atoms with Crippen LogP contribution in [0.1, 0.15) is 11.1 Å². The second kappa shape index (κ2) is 5.22. The fourth-order valence-electron chi connectivity index (χ4n) is 1.75. The van der Waals surface area contributed by atoms with Crippen molar-refractivity contribution in [3.63, 3.8) is 0 Å². The molecular formula is C12H12F3NOS. The molecule has 1 aromatic rings. The van der Waals surface area contributed by atoms with Crippen LogP contribution in [-0.2, 0) is 17.4 Å². The minimum Gasteiger partial charge on any atom is -0.332 e. The normalized spacial score (nSPS) is 16.1. The quantitative estimate of drug-likeness (QED) is 0.827. The molecule has 1 aliphatic rings. The second-order valence-corrected chi connectivity index (χ2v) is 5.14. The molecule has 2 rings (SSSR count). The van der Waals surface area contributed by atoms with E-state index in [-0.39, 0.29) is 12.3 Å². The molecule has 18 heavy (non-hydrogen) atoms. The molecule has 1 aromatic carbocycles. The van der Waals surface area contributed by atoms with E-state index in [1.54, 1.807) is 22.7 Å². The van der Waals surface area contributed by atoms with Crippen LogP contribution in [0.5, 0.6) is 0 Å². The van der Waals surface area contributed by atoms with E-state index in [0.717, 1.165) is 17.9 Å². The summed E-state index contributed by atoms with van der Waals surface area (Å²) in [7, 11) is 0. The Bertz CT molecular complexity index is 441. The topological polar surface area (TPSA) is 20.3 Å². The number of rotatable bonds is 2. The van der Waals surface area contributed by atoms with Crippen LogP contribution in [0.15, 0.2) is 24.3 Å². The summed E-state index contributed by atoms with van der Waals surface area (Å²) in [6.45, 7) is 0.683. The number of carbonyl (C=O) groups is 1. The summed E-state index contributed by atoms with van der Waals surface area (Å²) in [4.78, 5) is 13.5. The van der Waals surface area contributed by atoms with Crippen molar-refractivity contribution in [1.82, 2.24) is 4.90 Å². The SMILES string of the molecule is O=C(Cc1cccc(C(F)(F)F)c1)N1CCSC1. The summed E-state index contributed by atoms with van der Waals surface area (Å²) in [6.07, 6.45) is -4.33. The molecule has 0 unspecified atom stereocenters. The van der Waals surface area contributed by atoms with Crippen molar-refractivity contribution in [3.05, 3.63) is 35.4 Å². The molecule has 0 bridgehead atoms. The van der Waals surface area contributed by atoms with Gasteiger partial charge < -0.3 is 4.90 Å². The number of thioether (sulfide) groups is 1. The van der Waals surface area contributed by atoms with Crippen LogP contribution < -0.4 is 0 Å². The van der Waals surface area contributed by atoms with Gasteiger partial charge in [-0.3, -0.25) is 4.79 Å². The van der Waals surface area contributed by atoms with E-state index >= 15 is 0 Å². The highest BCUT2D eigenvalue weighted by Gasteiger charge is 2.30. The van der Waals surface area contributed by atoms with Crippen LogP contribution >= 0.6 is 11.8 Å². The molecule has 0 aromatic heterocycles. The van der Waals surface area contributed by atoms with Crippen LogP contribution in [-0.4, -0.2) is 29.0 Å². The third kappa shape index (κ3) is 3.19. The lowest BCUT2D eigenvalue weighted by Gasteiger charge is -2.15. The number of alkyl halides is 3. The van der Waals surface area contributed by atoms with Gasteiger partial charge in [0, 0.05) is 12.3 Å². The highest BCUT2D eigenvalue weighted by atomic mass is 32.2. The van der Waals surface area contributed by atoms with Gasteiger partial charge in [-0.05, 0) is 11.6 Å². The molecule has 1 aliphatic heterocycles. The summed E-state index contributed by atoms with van der Waals surface area (Å²) >= 11 is 1.65. The Balaban J connectivity index is 2.07. The third-order valence-corrected chi connectivity index (χ3v) is 3.68. The van der Waals surface area contributed by atoms with Gasteiger partial charge in [-0.1, -0.05) is 18.2 Å². The molecule has 0 N–H and O–H groups in total. The van der Waals surface area contributed by atoms with E-state index in [2.05, 4.69) is 0 Å². The molecule has 0 radical (unpaired) electrons. The van der Waals surface area contributed by atoms with Crippen molar-refractivity contribution in [2.45, 2.75) is 12.6 Å². The van der Waals surface area contributed by atoms with E-state index in [4.69, 9.17) is 0 Å². The van der Waals surface area contributed by atoms with Crippen LogP contribution in [0.4, 0.5) is 13.2 Å². The standard InChI is InChI=1S/C12H12F3NOS/c13-12(14,15)10-3-1-2-9(6-10)7-11(17)16-4-5-18-8-16/h1-3,6H,4-5,7-8H2. The molecule has 0 aliphatic carbocycles. The molecule has 0 saturated carbocycles. The average Bonchev–Trinajstić information content (AvgIpc) is 2.81. The summed E-state index contributed by atoms with van der Waals surface area (Å²) in [5, 5.41) is 0. The maximum atomic E-state index is 12.5. The van der Waals surface area contributed by atoms with Crippen LogP contribution in [0.25, 0.3) is 0 Å². The lowest BCUT2D eigenvalue weighted by Crippen LogP contribution is -2.29. The predicted octanol–water partition coefficient (Wildman–Crippen LogP) is 2.78. The molecule has 0 atom stereocenters. The highest BCUT2D eigenvalue weighted by Crippen LogP contribution is 2.29. The van der Waals surface area contributed by atoms with E-state index < -0.39 is 11.7 Å². The highest BCUT2D eigenvalue weighted by molar-refractivity contribution is 7.99. The first-order valence-corrected chi connectivity index (χ1v) is 6.64. The van der Waals surface area contributed by atoms with Gasteiger partial charge in [0.05, 0.1) is 17.9 Å². The molecular weight excluding hydrogens is 263 g/mol. The largest absolute Gasteiger partial charge is 0.416 e. The Morgan fingerprint density at radius 3 is 2.78 bits per heavy atom. The number of amides is 1. The van der Waals surface area contributed by atoms with Crippen molar-refractivity contribution < 1.29 is 18.0 Å². The van der Waals surface area contributed by atoms with Crippen molar-refractivity contribution in [1.29, 1.82) is 0 Å². The first kappa shape index (κ1) is 13.3. The van der Waals surface area contributed by atoms with Gasteiger partial charge in [0.2, 0.25) is 5.91 Å². The summed E-state index contributed by atoms with van der Waals surface area (Å²) in [6, 6.07) is 4.95. The van der Waals surface area contributed by atoms with E-state index in [1.165, 1.54) is 6.07 Å². The molecule has 1 saturated heterocycles. The minimum atomic E-state index is -4.36. The number of hydrogen-bond acceptors (Lipinski definition) is 2. The van der Waals surface area contributed by atoms with Crippen LogP contribution in [0.2, 0.25) is 0 Å². The van der Waals surface area contributed by atoms with E-state index in [9.17, 15) is 18.0 Å². The molecule has 98 valence electrons. The number of nitrogens with zero attached hydrogens (tertiary/aromatic N) is 1. The Labute approximate surface area is 107 Å². The third-order valence-electron chi connectivity index (χ3n) is 2.72. The fraction of sp³-hybridized carbons (Fsp3) is 0.417. The first-order chi connectivity index (χ1) is 8.47. The number of hydrogen-bond donors (Lipinski definition) is 0. The number of halogens is 3. The molecule has 1 heterocycles. The maximum absolute atomic E-state index is 12.5. The van der Waals surface area contributed by atoms with E-state index in [0.29, 0.717) is 18.0 Å². The van der Waals surface area contributed by atoms with Gasteiger partial charge in [0.25, 0.3) is 0 Å². The minimum absolute atomic E-state index is 0.0322. The number of benzene rings is 1. The second-order valence-electron chi connectivity index (χ2n) is 4.07. The lowest BCUT2D eigenvalue weighted by molar-refractivity contribution is -0.137. The fourth-order valence-corrected chi connectivity index (χ4v) is 2.73. The average molecular weight is 275 g/mol. The Kier molecular flexibility index (Phi) is 3.85. The number of carbonyl (C=O) groups excluding carboxylic acids is 1. The Morgan fingerprint density at radius 1 is 1.39 bits per heavy atom. The van der Waals surface area contributed by atoms with Gasteiger partial charge >= 0.3 is 6.18 Å². The zero-order valence-electron chi connectivity index (χ0n) is 9.54. The van der Waals surface area contributed by atoms with Gasteiger partial charge in [0.1, 0.15) is 0 Å². The Morgan fingerprint density at radius 2 is 2.17 bits per heavy atom. The molecule has 2 nitrogen and oxygen atoms in total. The molecule has 0 spiro atoms. The Hall–Kier alpha value is -1.17. The monoisotopic (exact) mass is 275 g/mol. The van der Waals surface area contributed by atoms with Crippen LogP contribution in [0.3, 0.4) is 0 Å². The zero-order valence-corrected chi connectivity index (χ0v) is 10.4. The smallest absolute Gasteiger partial charge is 0.332 e. The van der Waals surface area contributed by atoms with Crippen molar-refractivity contribution >= 4 is 17.7 Å². The first-order valence-electron chi connectivity index (χ1n) is 5.48. The van der Waals surface area contributed by atoms with Crippen molar-refractivity contribution in [3.8, 4) is 0 Å². The van der Waals surface area contributed by atoms with Crippen molar-refractivity contribution in [2.24, 2.45) is 0 Å². The van der Waals surface area contributed by atoms with Crippen LogP contribution in [0, 0.1) is 0 Å². The summed E-state index contributed by atoms with van der Waals surface area (Å²) in [5.41, 5.74) is -0.296. The molecule has 1 amide bonds. The summed E-state index contributed by atoms with van der Waals surface area (Å²) in [5.74, 6) is 1.42. The molecule has 1 fully saturated rings. The predicted molar refractivity (Wildman–Crippen MR) is 64.2 cm³/mol. The summed E-state index contributed by atoms with van der Waals surface area (Å²) < 4.78 is 37.5. The van der Waals surface area contributed by atoms with E-state index in [1.807, 2.05) is 0 Å². The zero-order chi connectivity index (χ0) is 13.2. The maximum Gasteiger partial charge on any atom is 0.416 e. The van der Waals surface area contributed by atoms with Gasteiger partial charge in [0.15, 0.2) is 0 Å².